The molecule has 1 fully saturated rings. The monoisotopic (exact) mass is 690 g/mol. The van der Waals surface area contributed by atoms with E-state index in [1.54, 1.807) is 42.1 Å². The van der Waals surface area contributed by atoms with Crippen molar-refractivity contribution in [3.05, 3.63) is 131 Å². The van der Waals surface area contributed by atoms with Gasteiger partial charge in [-0.1, -0.05) is 91.3 Å². The van der Waals surface area contributed by atoms with Crippen LogP contribution in [0.5, 0.6) is 0 Å². The highest BCUT2D eigenvalue weighted by Gasteiger charge is 2.38. The number of anilines is 1. The Bertz CT molecular complexity index is 1740. The van der Waals surface area contributed by atoms with Gasteiger partial charge in [-0.05, 0) is 54.3 Å². The van der Waals surface area contributed by atoms with E-state index in [0.717, 1.165) is 22.3 Å². The van der Waals surface area contributed by atoms with Crippen LogP contribution >= 0.6 is 11.8 Å². The highest BCUT2D eigenvalue weighted by molar-refractivity contribution is 7.99. The average Bonchev–Trinajstić information content (AvgIpc) is 3.09. The van der Waals surface area contributed by atoms with E-state index in [-0.39, 0.29) is 42.7 Å². The number of nitrogens with one attached hydrogen (secondary N) is 2. The summed E-state index contributed by atoms with van der Waals surface area (Å²) >= 11 is 1.61. The lowest BCUT2D eigenvalue weighted by atomic mass is 9.91. The second-order valence-electron chi connectivity index (χ2n) is 11.9. The number of aryl methyl sites for hydroxylation is 1. The van der Waals surface area contributed by atoms with Crippen molar-refractivity contribution in [2.24, 2.45) is 5.92 Å². The maximum atomic E-state index is 13.8. The van der Waals surface area contributed by atoms with Crippen LogP contribution in [0.3, 0.4) is 0 Å². The first-order valence-corrected chi connectivity index (χ1v) is 18.5. The van der Waals surface area contributed by atoms with Crippen molar-refractivity contribution in [1.29, 1.82) is 0 Å². The summed E-state index contributed by atoms with van der Waals surface area (Å²) in [6, 6.07) is 29.5. The number of aliphatic hydroxyl groups is 2. The minimum absolute atomic E-state index is 0.00407. The van der Waals surface area contributed by atoms with Crippen LogP contribution in [-0.2, 0) is 37.3 Å². The molecule has 1 aliphatic rings. The highest BCUT2D eigenvalue weighted by Crippen LogP contribution is 2.42. The first kappa shape index (κ1) is 35.7. The van der Waals surface area contributed by atoms with Crippen LogP contribution in [0.4, 0.5) is 5.69 Å². The molecule has 0 aliphatic carbocycles. The molecule has 1 aliphatic heterocycles. The maximum absolute atomic E-state index is 13.8. The maximum Gasteiger partial charge on any atom is 0.242 e. The summed E-state index contributed by atoms with van der Waals surface area (Å²) in [4.78, 5) is 13.8. The van der Waals surface area contributed by atoms with Crippen LogP contribution in [0.25, 0.3) is 0 Å². The van der Waals surface area contributed by atoms with Gasteiger partial charge in [0, 0.05) is 28.7 Å². The van der Waals surface area contributed by atoms with Crippen LogP contribution < -0.4 is 10.0 Å². The van der Waals surface area contributed by atoms with Crippen LogP contribution in [0, 0.1) is 12.8 Å². The van der Waals surface area contributed by atoms with Gasteiger partial charge in [-0.15, -0.1) is 0 Å². The smallest absolute Gasteiger partial charge is 0.242 e. The number of ether oxygens (including phenoxy) is 2. The third-order valence-corrected chi connectivity index (χ3v) is 10.8. The molecule has 5 unspecified atom stereocenters. The molecule has 1 saturated heterocycles. The first-order valence-electron chi connectivity index (χ1n) is 15.9. The highest BCUT2D eigenvalue weighted by atomic mass is 32.2. The summed E-state index contributed by atoms with van der Waals surface area (Å²) < 4.78 is 42.3. The molecule has 1 heterocycles. The molecule has 4 aromatic rings. The molecular formula is C37H42N2O7S2. The van der Waals surface area contributed by atoms with Crippen molar-refractivity contribution < 1.29 is 32.9 Å². The van der Waals surface area contributed by atoms with Crippen LogP contribution in [0.15, 0.2) is 108 Å². The Balaban J connectivity index is 1.37. The Morgan fingerprint density at radius 1 is 0.875 bits per heavy atom. The molecule has 11 heteroatoms. The van der Waals surface area contributed by atoms with Crippen molar-refractivity contribution in [3.63, 3.8) is 0 Å². The fourth-order valence-corrected chi connectivity index (χ4v) is 7.68. The minimum Gasteiger partial charge on any atom is -0.396 e. The zero-order valence-electron chi connectivity index (χ0n) is 27.0. The summed E-state index contributed by atoms with van der Waals surface area (Å²) in [5.41, 5.74) is 4.65. The third kappa shape index (κ3) is 9.32. The molecule has 9 nitrogen and oxygen atoms in total. The van der Waals surface area contributed by atoms with E-state index in [1.165, 1.54) is 12.1 Å². The quantitative estimate of drug-likeness (QED) is 0.127. The summed E-state index contributed by atoms with van der Waals surface area (Å²) in [5.74, 6) is 0.736. The molecule has 5 atom stereocenters. The second-order valence-corrected chi connectivity index (χ2v) is 14.8. The summed E-state index contributed by atoms with van der Waals surface area (Å²) in [5, 5.41) is 21.8. The number of aliphatic hydroxyl groups excluding tert-OH is 2. The number of amides is 1. The van der Waals surface area contributed by atoms with E-state index in [4.69, 9.17) is 9.47 Å². The third-order valence-electron chi connectivity index (χ3n) is 8.30. The standard InChI is InChI=1S/C37H42N2O7S2/c1-25-11-17-32(18-12-25)48(43,44)39-33(21-27-7-4-3-5-8-27)36(42)38-31-10-6-9-30(22-31)37-45-34(24-47-20-19-40)26(2)35(46-37)29-15-13-28(23-41)14-16-29/h3-18,22,26,33-35,37,39-41H,19-21,23-24H2,1-2H3,(H,38,42). The number of benzene rings is 4. The van der Waals surface area contributed by atoms with Crippen LogP contribution in [0.1, 0.15) is 47.1 Å². The van der Waals surface area contributed by atoms with Crippen molar-refractivity contribution in [2.75, 3.05) is 23.4 Å². The van der Waals surface area contributed by atoms with Gasteiger partial charge in [-0.25, -0.2) is 8.42 Å². The lowest BCUT2D eigenvalue weighted by Crippen LogP contribution is -2.45. The normalized spacial score (nSPS) is 20.2. The predicted molar refractivity (Wildman–Crippen MR) is 188 cm³/mol. The Morgan fingerprint density at radius 3 is 2.29 bits per heavy atom. The summed E-state index contributed by atoms with van der Waals surface area (Å²) in [7, 11) is -4.00. The summed E-state index contributed by atoms with van der Waals surface area (Å²) in [6.45, 7) is 3.98. The number of carbonyl (C=O) groups is 1. The van der Waals surface area contributed by atoms with E-state index in [2.05, 4.69) is 17.0 Å². The number of carbonyl (C=O) groups excluding carboxylic acids is 1. The number of hydrogen-bond donors (Lipinski definition) is 4. The van der Waals surface area contributed by atoms with Crippen LogP contribution in [-0.4, -0.2) is 54.8 Å². The van der Waals surface area contributed by atoms with Gasteiger partial charge in [0.25, 0.3) is 0 Å². The van der Waals surface area contributed by atoms with Crippen LogP contribution in [0.2, 0.25) is 0 Å². The molecule has 0 spiro atoms. The number of sulfonamides is 1. The molecule has 48 heavy (non-hydrogen) atoms. The molecule has 4 aromatic carbocycles. The number of hydrogen-bond acceptors (Lipinski definition) is 8. The first-order chi connectivity index (χ1) is 23.2. The zero-order valence-corrected chi connectivity index (χ0v) is 28.6. The SMILES string of the molecule is Cc1ccc(S(=O)(=O)NC(Cc2ccccc2)C(=O)Nc2cccc(C3OC(CSCCO)C(C)C(c4ccc(CO)cc4)O3)c2)cc1. The zero-order chi connectivity index (χ0) is 34.1. The van der Waals surface area contributed by atoms with E-state index in [1.807, 2.05) is 67.6 Å². The van der Waals surface area contributed by atoms with E-state index < -0.39 is 28.3 Å². The molecule has 254 valence electrons. The molecule has 0 aromatic heterocycles. The molecule has 1 amide bonds. The van der Waals surface area contributed by atoms with E-state index in [9.17, 15) is 23.4 Å². The topological polar surface area (TPSA) is 134 Å². The largest absolute Gasteiger partial charge is 0.396 e. The van der Waals surface area contributed by atoms with E-state index in [0.29, 0.717) is 22.8 Å². The Morgan fingerprint density at radius 2 is 1.60 bits per heavy atom. The molecule has 0 radical (unpaired) electrons. The fourth-order valence-electron chi connectivity index (χ4n) is 5.58. The van der Waals surface area contributed by atoms with Gasteiger partial charge >= 0.3 is 0 Å². The van der Waals surface area contributed by atoms with Gasteiger partial charge in [-0.3, -0.25) is 4.79 Å². The molecule has 5 rings (SSSR count). The molecular weight excluding hydrogens is 649 g/mol. The van der Waals surface area contributed by atoms with Gasteiger partial charge in [0.1, 0.15) is 6.04 Å². The minimum atomic E-state index is -4.00. The van der Waals surface area contributed by atoms with Gasteiger partial charge in [0.05, 0.1) is 30.3 Å². The lowest BCUT2D eigenvalue weighted by molar-refractivity contribution is -0.268. The Hall–Kier alpha value is -3.55. The number of thioether (sulfide) groups is 1. The molecule has 0 saturated carbocycles. The van der Waals surface area contributed by atoms with Crippen molar-refractivity contribution >= 4 is 33.4 Å². The Labute approximate surface area is 286 Å². The number of rotatable bonds is 14. The van der Waals surface area contributed by atoms with Gasteiger partial charge < -0.3 is 25.0 Å². The van der Waals surface area contributed by atoms with E-state index >= 15 is 0 Å². The van der Waals surface area contributed by atoms with Gasteiger partial charge in [-0.2, -0.15) is 16.5 Å². The fraction of sp³-hybridized carbons (Fsp3) is 0.324. The molecule has 4 N–H and O–H groups in total. The Kier molecular flexibility index (Phi) is 12.4. The van der Waals surface area contributed by atoms with Crippen molar-refractivity contribution in [3.8, 4) is 0 Å². The van der Waals surface area contributed by atoms with Gasteiger partial charge in [0.15, 0.2) is 6.29 Å². The van der Waals surface area contributed by atoms with Gasteiger partial charge in [0.2, 0.25) is 15.9 Å². The van der Waals surface area contributed by atoms with Crippen molar-refractivity contribution in [1.82, 2.24) is 4.72 Å². The summed E-state index contributed by atoms with van der Waals surface area (Å²) in [6.07, 6.45) is -1.09. The van der Waals surface area contributed by atoms with Crippen molar-refractivity contribution in [2.45, 2.75) is 56.3 Å². The predicted octanol–water partition coefficient (Wildman–Crippen LogP) is 5.53. The average molecular weight is 691 g/mol. The lowest BCUT2D eigenvalue weighted by Gasteiger charge is -2.41. The second kappa shape index (κ2) is 16.7. The molecule has 0 bridgehead atoms.